The van der Waals surface area contributed by atoms with Crippen LogP contribution in [0.4, 0.5) is 0 Å². The Morgan fingerprint density at radius 2 is 2.56 bits per heavy atom. The highest BCUT2D eigenvalue weighted by Crippen LogP contribution is 1.98. The lowest BCUT2D eigenvalue weighted by Gasteiger charge is -2.28. The number of nitriles is 1. The van der Waals surface area contributed by atoms with E-state index >= 15 is 0 Å². The van der Waals surface area contributed by atoms with Crippen molar-refractivity contribution in [3.05, 3.63) is 0 Å². The third kappa shape index (κ3) is 1.33. The third-order valence-electron chi connectivity index (χ3n) is 1.63. The van der Waals surface area contributed by atoms with Crippen molar-refractivity contribution in [2.24, 2.45) is 0 Å². The molecule has 0 aromatic heterocycles. The van der Waals surface area contributed by atoms with E-state index in [4.69, 9.17) is 5.26 Å². The minimum absolute atomic E-state index is 0.378. The molecule has 3 nitrogen and oxygen atoms in total. The second-order valence-corrected chi connectivity index (χ2v) is 2.35. The quantitative estimate of drug-likeness (QED) is 0.454. The molecule has 0 aliphatic carbocycles. The van der Waals surface area contributed by atoms with E-state index < -0.39 is 0 Å². The molecule has 0 unspecified atom stereocenters. The van der Waals surface area contributed by atoms with Crippen molar-refractivity contribution >= 4 is 0 Å². The van der Waals surface area contributed by atoms with Crippen LogP contribution in [0.2, 0.25) is 0 Å². The van der Waals surface area contributed by atoms with Crippen LogP contribution in [-0.4, -0.2) is 30.6 Å². The van der Waals surface area contributed by atoms with Crippen LogP contribution >= 0.6 is 0 Å². The molecule has 1 rings (SSSR count). The van der Waals surface area contributed by atoms with Crippen molar-refractivity contribution in [1.82, 2.24) is 10.2 Å². The van der Waals surface area contributed by atoms with Gasteiger partial charge >= 0.3 is 0 Å². The maximum absolute atomic E-state index is 8.51. The number of nitrogens with zero attached hydrogens (tertiary/aromatic N) is 2. The average Bonchev–Trinajstić information content (AvgIpc) is 1.89. The molecule has 0 bridgehead atoms. The summed E-state index contributed by atoms with van der Waals surface area (Å²) in [4.78, 5) is 1.80. The lowest BCUT2D eigenvalue weighted by molar-refractivity contribution is 0.256. The Labute approximate surface area is 55.3 Å². The Morgan fingerprint density at radius 1 is 1.78 bits per heavy atom. The number of piperazine rings is 1. The molecule has 3 heteroatoms. The van der Waals surface area contributed by atoms with Crippen LogP contribution in [0.15, 0.2) is 0 Å². The van der Waals surface area contributed by atoms with Crippen LogP contribution in [0.1, 0.15) is 6.92 Å². The summed E-state index contributed by atoms with van der Waals surface area (Å²) in [5.74, 6) is 0. The monoisotopic (exact) mass is 125 g/mol. The average molecular weight is 125 g/mol. The minimum atomic E-state index is 0.378. The van der Waals surface area contributed by atoms with Gasteiger partial charge < -0.3 is 10.2 Å². The van der Waals surface area contributed by atoms with E-state index in [1.165, 1.54) is 0 Å². The molecule has 9 heavy (non-hydrogen) atoms. The minimum Gasteiger partial charge on any atom is -0.313 e. The van der Waals surface area contributed by atoms with Gasteiger partial charge in [0.15, 0.2) is 6.19 Å². The highest BCUT2D eigenvalue weighted by Gasteiger charge is 2.14. The van der Waals surface area contributed by atoms with Crippen LogP contribution in [0, 0.1) is 11.5 Å². The fourth-order valence-electron chi connectivity index (χ4n) is 0.990. The molecule has 1 heterocycles. The van der Waals surface area contributed by atoms with Crippen molar-refractivity contribution in [2.75, 3.05) is 19.6 Å². The van der Waals surface area contributed by atoms with Crippen molar-refractivity contribution in [1.29, 1.82) is 5.26 Å². The zero-order chi connectivity index (χ0) is 6.69. The molecule has 50 valence electrons. The molecule has 0 radical (unpaired) electrons. The summed E-state index contributed by atoms with van der Waals surface area (Å²) in [7, 11) is 0. The predicted octanol–water partition coefficient (Wildman–Crippen LogP) is -0.239. The maximum atomic E-state index is 8.51. The summed E-state index contributed by atoms with van der Waals surface area (Å²) < 4.78 is 0. The summed E-state index contributed by atoms with van der Waals surface area (Å²) >= 11 is 0. The first-order chi connectivity index (χ1) is 4.34. The normalized spacial score (nSPS) is 27.6. The lowest BCUT2D eigenvalue weighted by Crippen LogP contribution is -2.47. The topological polar surface area (TPSA) is 39.1 Å². The van der Waals surface area contributed by atoms with E-state index in [2.05, 4.69) is 18.4 Å². The van der Waals surface area contributed by atoms with Crippen LogP contribution in [-0.2, 0) is 0 Å². The standard InChI is InChI=1S/C6H11N3/c1-6-4-8-2-3-9(6)5-7/h6,8H,2-4H2,1H3/t6-/m0/s1. The van der Waals surface area contributed by atoms with Crippen molar-refractivity contribution < 1.29 is 0 Å². The van der Waals surface area contributed by atoms with E-state index in [0.29, 0.717) is 6.04 Å². The van der Waals surface area contributed by atoms with Gasteiger partial charge in [-0.05, 0) is 6.92 Å². The van der Waals surface area contributed by atoms with Gasteiger partial charge in [0.2, 0.25) is 0 Å². The zero-order valence-electron chi connectivity index (χ0n) is 5.59. The van der Waals surface area contributed by atoms with E-state index in [1.807, 2.05) is 0 Å². The Morgan fingerprint density at radius 3 is 3.00 bits per heavy atom. The van der Waals surface area contributed by atoms with E-state index in [9.17, 15) is 0 Å². The first kappa shape index (κ1) is 6.37. The molecule has 1 saturated heterocycles. The van der Waals surface area contributed by atoms with Crippen LogP contribution in [0.3, 0.4) is 0 Å². The fraction of sp³-hybridized carbons (Fsp3) is 0.833. The SMILES string of the molecule is C[C@H]1CNCCN1C#N. The summed E-state index contributed by atoms with van der Waals surface area (Å²) in [6.07, 6.45) is 2.15. The van der Waals surface area contributed by atoms with Crippen molar-refractivity contribution in [3.63, 3.8) is 0 Å². The molecule has 0 aromatic rings. The summed E-state index contributed by atoms with van der Waals surface area (Å²) in [5.41, 5.74) is 0. The third-order valence-corrected chi connectivity index (χ3v) is 1.63. The van der Waals surface area contributed by atoms with Crippen molar-refractivity contribution in [2.45, 2.75) is 13.0 Å². The molecule has 0 spiro atoms. The van der Waals surface area contributed by atoms with E-state index in [0.717, 1.165) is 19.6 Å². The molecule has 1 N–H and O–H groups in total. The Kier molecular flexibility index (Phi) is 1.91. The second-order valence-electron chi connectivity index (χ2n) is 2.35. The molecule has 1 atom stereocenters. The van der Waals surface area contributed by atoms with Gasteiger partial charge in [-0.25, -0.2) is 0 Å². The molecule has 0 aromatic carbocycles. The fourth-order valence-corrected chi connectivity index (χ4v) is 0.990. The van der Waals surface area contributed by atoms with Gasteiger partial charge in [-0.1, -0.05) is 0 Å². The summed E-state index contributed by atoms with van der Waals surface area (Å²) in [5, 5.41) is 11.7. The molecule has 0 saturated carbocycles. The number of hydrogen-bond donors (Lipinski definition) is 1. The molecule has 1 aliphatic heterocycles. The van der Waals surface area contributed by atoms with Gasteiger partial charge in [-0.15, -0.1) is 0 Å². The number of nitrogens with one attached hydrogen (secondary N) is 1. The first-order valence-corrected chi connectivity index (χ1v) is 3.21. The second kappa shape index (κ2) is 2.70. The smallest absolute Gasteiger partial charge is 0.179 e. The molecule has 1 aliphatic rings. The Bertz CT molecular complexity index is 127. The van der Waals surface area contributed by atoms with E-state index in [-0.39, 0.29) is 0 Å². The molecular weight excluding hydrogens is 114 g/mol. The van der Waals surface area contributed by atoms with Gasteiger partial charge in [0.25, 0.3) is 0 Å². The van der Waals surface area contributed by atoms with Gasteiger partial charge in [-0.3, -0.25) is 0 Å². The van der Waals surface area contributed by atoms with Gasteiger partial charge in [0.1, 0.15) is 0 Å². The largest absolute Gasteiger partial charge is 0.313 e. The van der Waals surface area contributed by atoms with Crippen LogP contribution < -0.4 is 5.32 Å². The van der Waals surface area contributed by atoms with Gasteiger partial charge in [-0.2, -0.15) is 5.26 Å². The molecule has 0 amide bonds. The van der Waals surface area contributed by atoms with Gasteiger partial charge in [0.05, 0.1) is 0 Å². The van der Waals surface area contributed by atoms with Crippen LogP contribution in [0.5, 0.6) is 0 Å². The molecular formula is C6H11N3. The number of rotatable bonds is 0. The Hall–Kier alpha value is -0.750. The first-order valence-electron chi connectivity index (χ1n) is 3.21. The number of hydrogen-bond acceptors (Lipinski definition) is 3. The van der Waals surface area contributed by atoms with Crippen molar-refractivity contribution in [3.8, 4) is 6.19 Å². The lowest BCUT2D eigenvalue weighted by atomic mass is 10.2. The predicted molar refractivity (Wildman–Crippen MR) is 34.7 cm³/mol. The maximum Gasteiger partial charge on any atom is 0.179 e. The van der Waals surface area contributed by atoms with Gasteiger partial charge in [0, 0.05) is 25.7 Å². The highest BCUT2D eigenvalue weighted by molar-refractivity contribution is 4.84. The van der Waals surface area contributed by atoms with Crippen LogP contribution in [0.25, 0.3) is 0 Å². The summed E-state index contributed by atoms with van der Waals surface area (Å²) in [6, 6.07) is 0.378. The highest BCUT2D eigenvalue weighted by atomic mass is 15.2. The summed E-state index contributed by atoms with van der Waals surface area (Å²) in [6.45, 7) is 4.79. The molecule has 1 fully saturated rings. The van der Waals surface area contributed by atoms with E-state index in [1.54, 1.807) is 4.90 Å². The Balaban J connectivity index is 2.41. The zero-order valence-corrected chi connectivity index (χ0v) is 5.59.